The lowest BCUT2D eigenvalue weighted by atomic mass is 10.1. The highest BCUT2D eigenvalue weighted by Crippen LogP contribution is 2.30. The van der Waals surface area contributed by atoms with E-state index in [9.17, 15) is 9.59 Å². The van der Waals surface area contributed by atoms with E-state index >= 15 is 0 Å². The summed E-state index contributed by atoms with van der Waals surface area (Å²) in [5.74, 6) is 0.685. The number of anilines is 2. The van der Waals surface area contributed by atoms with Gasteiger partial charge in [-0.2, -0.15) is 0 Å². The number of hydrogen-bond acceptors (Lipinski definition) is 7. The molecule has 34 heavy (non-hydrogen) atoms. The highest BCUT2D eigenvalue weighted by atomic mass is 32.1. The van der Waals surface area contributed by atoms with Crippen LogP contribution in [-0.4, -0.2) is 46.7 Å². The predicted octanol–water partition coefficient (Wildman–Crippen LogP) is 3.69. The van der Waals surface area contributed by atoms with Gasteiger partial charge in [0.1, 0.15) is 10.6 Å². The van der Waals surface area contributed by atoms with E-state index in [0.717, 1.165) is 35.6 Å². The summed E-state index contributed by atoms with van der Waals surface area (Å²) < 4.78 is 6.87. The smallest absolute Gasteiger partial charge is 0.262 e. The Kier molecular flexibility index (Phi) is 6.37. The van der Waals surface area contributed by atoms with Gasteiger partial charge < -0.3 is 15.0 Å². The second kappa shape index (κ2) is 9.74. The maximum absolute atomic E-state index is 13.2. The second-order valence-electron chi connectivity index (χ2n) is 8.24. The number of fused-ring (bicyclic) bond motifs is 1. The van der Waals surface area contributed by atoms with Crippen LogP contribution in [0.3, 0.4) is 0 Å². The monoisotopic (exact) mass is 475 g/mol. The van der Waals surface area contributed by atoms with Crippen LogP contribution in [0.5, 0.6) is 0 Å². The van der Waals surface area contributed by atoms with E-state index in [2.05, 4.69) is 20.2 Å². The fourth-order valence-corrected chi connectivity index (χ4v) is 4.86. The van der Waals surface area contributed by atoms with Gasteiger partial charge in [-0.3, -0.25) is 14.2 Å². The minimum atomic E-state index is -0.183. The molecule has 4 aromatic rings. The van der Waals surface area contributed by atoms with Crippen molar-refractivity contribution in [3.8, 4) is 11.1 Å². The molecule has 0 radical (unpaired) electrons. The van der Waals surface area contributed by atoms with Crippen LogP contribution in [0.25, 0.3) is 21.3 Å². The number of ether oxygens (including phenoxy) is 1. The van der Waals surface area contributed by atoms with Crippen LogP contribution in [0.2, 0.25) is 0 Å². The molecule has 1 N–H and O–H groups in total. The SMILES string of the molecule is Cc1ccc(-c2csc3ncn(CCC(=O)Nc4ccc(N5CCOCC5)nc4)c(=O)c23)cc1. The van der Waals surface area contributed by atoms with E-state index in [1.807, 2.05) is 48.7 Å². The van der Waals surface area contributed by atoms with Crippen molar-refractivity contribution in [1.29, 1.82) is 0 Å². The lowest BCUT2D eigenvalue weighted by molar-refractivity contribution is -0.116. The Hall–Kier alpha value is -3.56. The zero-order valence-corrected chi connectivity index (χ0v) is 19.7. The normalized spacial score (nSPS) is 13.9. The van der Waals surface area contributed by atoms with Crippen LogP contribution in [-0.2, 0) is 16.1 Å². The van der Waals surface area contributed by atoms with Crippen molar-refractivity contribution in [2.45, 2.75) is 19.9 Å². The van der Waals surface area contributed by atoms with Crippen LogP contribution < -0.4 is 15.8 Å². The van der Waals surface area contributed by atoms with Crippen molar-refractivity contribution in [2.24, 2.45) is 0 Å². The molecule has 0 atom stereocenters. The minimum absolute atomic E-state index is 0.133. The molecule has 5 rings (SSSR count). The number of hydrogen-bond donors (Lipinski definition) is 1. The van der Waals surface area contributed by atoms with Crippen LogP contribution >= 0.6 is 11.3 Å². The number of aryl methyl sites for hydroxylation is 2. The lowest BCUT2D eigenvalue weighted by Gasteiger charge is -2.27. The van der Waals surface area contributed by atoms with Gasteiger partial charge in [0.15, 0.2) is 0 Å². The molecule has 1 aliphatic rings. The molecular weight excluding hydrogens is 450 g/mol. The van der Waals surface area contributed by atoms with Gasteiger partial charge in [0, 0.05) is 37.0 Å². The Labute approximate surface area is 200 Å². The van der Waals surface area contributed by atoms with Crippen molar-refractivity contribution in [3.63, 3.8) is 0 Å². The molecular formula is C25H25N5O3S. The average molecular weight is 476 g/mol. The summed E-state index contributed by atoms with van der Waals surface area (Å²) in [6.45, 7) is 5.28. The van der Waals surface area contributed by atoms with Crippen LogP contribution in [0.1, 0.15) is 12.0 Å². The molecule has 0 unspecified atom stereocenters. The first-order valence-corrected chi connectivity index (χ1v) is 12.1. The summed E-state index contributed by atoms with van der Waals surface area (Å²) in [5.41, 5.74) is 3.52. The first kappa shape index (κ1) is 22.2. The molecule has 1 aromatic carbocycles. The second-order valence-corrected chi connectivity index (χ2v) is 9.10. The van der Waals surface area contributed by atoms with Crippen molar-refractivity contribution < 1.29 is 9.53 Å². The molecule has 8 nitrogen and oxygen atoms in total. The summed E-state index contributed by atoms with van der Waals surface area (Å²) in [7, 11) is 0. The molecule has 1 aliphatic heterocycles. The summed E-state index contributed by atoms with van der Waals surface area (Å²) in [4.78, 5) is 37.5. The molecule has 174 valence electrons. The maximum atomic E-state index is 13.2. The Morgan fingerprint density at radius 3 is 2.65 bits per heavy atom. The largest absolute Gasteiger partial charge is 0.378 e. The van der Waals surface area contributed by atoms with Crippen LogP contribution in [0.15, 0.2) is 59.1 Å². The third-order valence-corrected chi connectivity index (χ3v) is 6.76. The van der Waals surface area contributed by atoms with E-state index in [0.29, 0.717) is 29.1 Å². The predicted molar refractivity (Wildman–Crippen MR) is 135 cm³/mol. The van der Waals surface area contributed by atoms with E-state index in [-0.39, 0.29) is 24.4 Å². The zero-order chi connectivity index (χ0) is 23.5. The molecule has 1 fully saturated rings. The van der Waals surface area contributed by atoms with Gasteiger partial charge in [0.25, 0.3) is 5.56 Å². The maximum Gasteiger partial charge on any atom is 0.262 e. The number of amides is 1. The van der Waals surface area contributed by atoms with Crippen molar-refractivity contribution >= 4 is 39.0 Å². The topological polar surface area (TPSA) is 89.3 Å². The number of nitrogens with zero attached hydrogens (tertiary/aromatic N) is 4. The van der Waals surface area contributed by atoms with Crippen LogP contribution in [0.4, 0.5) is 11.5 Å². The molecule has 4 heterocycles. The number of carbonyl (C=O) groups is 1. The Morgan fingerprint density at radius 1 is 1.12 bits per heavy atom. The number of nitrogens with one attached hydrogen (secondary N) is 1. The summed E-state index contributed by atoms with van der Waals surface area (Å²) in [5, 5.41) is 5.42. The molecule has 0 spiro atoms. The molecule has 3 aromatic heterocycles. The highest BCUT2D eigenvalue weighted by molar-refractivity contribution is 7.17. The first-order valence-electron chi connectivity index (χ1n) is 11.2. The number of morpholine rings is 1. The minimum Gasteiger partial charge on any atom is -0.378 e. The first-order chi connectivity index (χ1) is 16.6. The fourth-order valence-electron chi connectivity index (χ4n) is 3.96. The van der Waals surface area contributed by atoms with Gasteiger partial charge in [-0.25, -0.2) is 9.97 Å². The molecule has 0 saturated carbocycles. The Bertz CT molecular complexity index is 1360. The number of pyridine rings is 1. The van der Waals surface area contributed by atoms with E-state index in [1.54, 1.807) is 6.20 Å². The summed E-state index contributed by atoms with van der Waals surface area (Å²) in [6, 6.07) is 11.8. The number of carbonyl (C=O) groups excluding carboxylic acids is 1. The van der Waals surface area contributed by atoms with Crippen molar-refractivity contribution in [1.82, 2.24) is 14.5 Å². The Balaban J connectivity index is 1.26. The zero-order valence-electron chi connectivity index (χ0n) is 18.9. The fraction of sp³-hybridized carbons (Fsp3) is 0.280. The van der Waals surface area contributed by atoms with E-state index in [4.69, 9.17) is 4.74 Å². The number of thiophene rings is 1. The molecule has 0 aliphatic carbocycles. The van der Waals surface area contributed by atoms with Gasteiger partial charge in [-0.1, -0.05) is 29.8 Å². The summed E-state index contributed by atoms with van der Waals surface area (Å²) >= 11 is 1.45. The third-order valence-electron chi connectivity index (χ3n) is 5.87. The number of benzene rings is 1. The van der Waals surface area contributed by atoms with Gasteiger partial charge in [-0.15, -0.1) is 11.3 Å². The number of rotatable bonds is 6. The molecule has 0 bridgehead atoms. The van der Waals surface area contributed by atoms with Gasteiger partial charge >= 0.3 is 0 Å². The molecule has 1 amide bonds. The molecule has 9 heteroatoms. The van der Waals surface area contributed by atoms with Gasteiger partial charge in [0.05, 0.1) is 36.8 Å². The van der Waals surface area contributed by atoms with Crippen molar-refractivity contribution in [3.05, 3.63) is 70.2 Å². The van der Waals surface area contributed by atoms with Gasteiger partial charge in [-0.05, 0) is 24.6 Å². The Morgan fingerprint density at radius 2 is 1.91 bits per heavy atom. The lowest BCUT2D eigenvalue weighted by Crippen LogP contribution is -2.36. The average Bonchev–Trinajstić information content (AvgIpc) is 3.30. The van der Waals surface area contributed by atoms with Crippen molar-refractivity contribution in [2.75, 3.05) is 36.5 Å². The molecule has 1 saturated heterocycles. The van der Waals surface area contributed by atoms with Crippen LogP contribution in [0, 0.1) is 6.92 Å². The quantitative estimate of drug-likeness (QED) is 0.458. The third kappa shape index (κ3) is 4.71. The number of aromatic nitrogens is 3. The van der Waals surface area contributed by atoms with Gasteiger partial charge in [0.2, 0.25) is 5.91 Å². The summed E-state index contributed by atoms with van der Waals surface area (Å²) in [6.07, 6.45) is 3.33. The standard InChI is InChI=1S/C25H25N5O3S/c1-17-2-4-18(5-3-17)20-15-34-24-23(20)25(32)30(16-27-24)9-8-22(31)28-19-6-7-21(26-14-19)29-10-12-33-13-11-29/h2-7,14-16H,8-13H2,1H3,(H,28,31). The van der Waals surface area contributed by atoms with E-state index < -0.39 is 0 Å². The van der Waals surface area contributed by atoms with E-state index in [1.165, 1.54) is 22.2 Å². The highest BCUT2D eigenvalue weighted by Gasteiger charge is 2.15.